The zero-order chi connectivity index (χ0) is 21.0. The van der Waals surface area contributed by atoms with E-state index in [2.05, 4.69) is 62.8 Å². The Morgan fingerprint density at radius 1 is 0.871 bits per heavy atom. The van der Waals surface area contributed by atoms with Gasteiger partial charge in [0, 0.05) is 23.2 Å². The molecule has 0 radical (unpaired) electrons. The summed E-state index contributed by atoms with van der Waals surface area (Å²) in [6.07, 6.45) is 5.62. The molecule has 1 aliphatic heterocycles. The van der Waals surface area contributed by atoms with Crippen LogP contribution in [0.2, 0.25) is 5.15 Å². The third kappa shape index (κ3) is 4.38. The predicted octanol–water partition coefficient (Wildman–Crippen LogP) is 5.84. The van der Waals surface area contributed by atoms with Crippen LogP contribution in [0.25, 0.3) is 33.6 Å². The zero-order valence-electron chi connectivity index (χ0n) is 17.3. The first-order valence-corrected chi connectivity index (χ1v) is 11.1. The maximum atomic E-state index is 6.59. The number of hydrogen-bond acceptors (Lipinski definition) is 4. The minimum absolute atomic E-state index is 0.418. The number of halogens is 1. The molecule has 0 aliphatic carbocycles. The van der Waals surface area contributed by atoms with Gasteiger partial charge < -0.3 is 0 Å². The second kappa shape index (κ2) is 9.00. The maximum Gasteiger partial charge on any atom is 0.139 e. The number of pyridine rings is 1. The molecule has 4 aromatic rings. The average Bonchev–Trinajstić information content (AvgIpc) is 3.35. The third-order valence-corrected chi connectivity index (χ3v) is 6.12. The SMILES string of the molecule is Clc1nc(-c2ccc(CN3CCCCC3)cc2)c(-c2ccccc2)cc1-c1cn[nH]n1. The number of aromatic nitrogens is 4. The third-order valence-electron chi connectivity index (χ3n) is 5.83. The normalized spacial score (nSPS) is 14.6. The highest BCUT2D eigenvalue weighted by atomic mass is 35.5. The Morgan fingerprint density at radius 3 is 2.35 bits per heavy atom. The second-order valence-electron chi connectivity index (χ2n) is 7.98. The van der Waals surface area contributed by atoms with Crippen molar-refractivity contribution < 1.29 is 0 Å². The lowest BCUT2D eigenvalue weighted by Gasteiger charge is -2.26. The Morgan fingerprint density at radius 2 is 1.65 bits per heavy atom. The molecule has 0 bridgehead atoms. The number of benzene rings is 2. The Kier molecular flexibility index (Phi) is 5.78. The van der Waals surface area contributed by atoms with Gasteiger partial charge in [-0.3, -0.25) is 4.90 Å². The Labute approximate surface area is 187 Å². The molecule has 0 atom stereocenters. The van der Waals surface area contributed by atoms with Gasteiger partial charge in [0.25, 0.3) is 0 Å². The number of piperidine rings is 1. The molecule has 5 rings (SSSR count). The molecular formula is C25H24ClN5. The van der Waals surface area contributed by atoms with Gasteiger partial charge in [-0.25, -0.2) is 4.98 Å². The van der Waals surface area contributed by atoms with Crippen molar-refractivity contribution in [3.8, 4) is 33.6 Å². The van der Waals surface area contributed by atoms with Gasteiger partial charge in [0.15, 0.2) is 0 Å². The lowest BCUT2D eigenvalue weighted by Crippen LogP contribution is -2.28. The topological polar surface area (TPSA) is 57.7 Å². The molecule has 1 aliphatic rings. The van der Waals surface area contributed by atoms with Crippen LogP contribution in [-0.2, 0) is 6.54 Å². The highest BCUT2D eigenvalue weighted by molar-refractivity contribution is 6.32. The van der Waals surface area contributed by atoms with E-state index in [1.165, 1.54) is 37.9 Å². The molecule has 1 fully saturated rings. The summed E-state index contributed by atoms with van der Waals surface area (Å²) in [6, 6.07) is 21.0. The molecule has 1 saturated heterocycles. The van der Waals surface area contributed by atoms with Crippen LogP contribution in [0.15, 0.2) is 66.9 Å². The van der Waals surface area contributed by atoms with Crippen molar-refractivity contribution in [2.75, 3.05) is 13.1 Å². The van der Waals surface area contributed by atoms with Crippen molar-refractivity contribution in [2.45, 2.75) is 25.8 Å². The number of nitrogens with one attached hydrogen (secondary N) is 1. The van der Waals surface area contributed by atoms with Gasteiger partial charge in [-0.2, -0.15) is 15.4 Å². The van der Waals surface area contributed by atoms with Crippen LogP contribution in [0.4, 0.5) is 0 Å². The van der Waals surface area contributed by atoms with E-state index in [-0.39, 0.29) is 0 Å². The van der Waals surface area contributed by atoms with E-state index >= 15 is 0 Å². The van der Waals surface area contributed by atoms with E-state index in [0.717, 1.165) is 34.5 Å². The molecule has 156 valence electrons. The lowest BCUT2D eigenvalue weighted by molar-refractivity contribution is 0.221. The van der Waals surface area contributed by atoms with Crippen molar-refractivity contribution in [1.29, 1.82) is 0 Å². The highest BCUT2D eigenvalue weighted by Crippen LogP contribution is 2.37. The summed E-state index contributed by atoms with van der Waals surface area (Å²) < 4.78 is 0. The Bertz CT molecular complexity index is 1130. The van der Waals surface area contributed by atoms with Gasteiger partial charge in [-0.1, -0.05) is 72.6 Å². The minimum atomic E-state index is 0.418. The van der Waals surface area contributed by atoms with Crippen molar-refractivity contribution in [3.63, 3.8) is 0 Å². The van der Waals surface area contributed by atoms with Crippen LogP contribution in [0.5, 0.6) is 0 Å². The fourth-order valence-electron chi connectivity index (χ4n) is 4.20. The first-order chi connectivity index (χ1) is 15.3. The molecule has 2 aromatic heterocycles. The molecule has 2 aromatic carbocycles. The van der Waals surface area contributed by atoms with Crippen molar-refractivity contribution >= 4 is 11.6 Å². The smallest absolute Gasteiger partial charge is 0.139 e. The van der Waals surface area contributed by atoms with Crippen molar-refractivity contribution in [1.82, 2.24) is 25.3 Å². The first kappa shape index (κ1) is 19.9. The number of hydrogen-bond donors (Lipinski definition) is 1. The van der Waals surface area contributed by atoms with Crippen molar-refractivity contribution in [3.05, 3.63) is 77.6 Å². The van der Waals surface area contributed by atoms with E-state index in [4.69, 9.17) is 16.6 Å². The lowest BCUT2D eigenvalue weighted by atomic mass is 9.96. The second-order valence-corrected chi connectivity index (χ2v) is 8.34. The number of aromatic amines is 1. The van der Waals surface area contributed by atoms with Gasteiger partial charge in [0.2, 0.25) is 0 Å². The van der Waals surface area contributed by atoms with Crippen molar-refractivity contribution in [2.24, 2.45) is 0 Å². The van der Waals surface area contributed by atoms with Gasteiger partial charge in [0.05, 0.1) is 11.9 Å². The van der Waals surface area contributed by atoms with Crippen LogP contribution >= 0.6 is 11.6 Å². The quantitative estimate of drug-likeness (QED) is 0.405. The molecule has 1 N–H and O–H groups in total. The molecule has 0 spiro atoms. The number of likely N-dealkylation sites (tertiary alicyclic amines) is 1. The van der Waals surface area contributed by atoms with E-state index in [9.17, 15) is 0 Å². The number of H-pyrrole nitrogens is 1. The van der Waals surface area contributed by atoms with E-state index < -0.39 is 0 Å². The molecule has 0 amide bonds. The molecular weight excluding hydrogens is 406 g/mol. The molecule has 0 unspecified atom stereocenters. The van der Waals surface area contributed by atoms with E-state index in [1.54, 1.807) is 6.20 Å². The van der Waals surface area contributed by atoms with Crippen LogP contribution in [-0.4, -0.2) is 38.4 Å². The maximum absolute atomic E-state index is 6.59. The minimum Gasteiger partial charge on any atom is -0.299 e. The van der Waals surface area contributed by atoms with Crippen LogP contribution < -0.4 is 0 Å². The van der Waals surface area contributed by atoms with Crippen LogP contribution in [0, 0.1) is 0 Å². The largest absolute Gasteiger partial charge is 0.299 e. The first-order valence-electron chi connectivity index (χ1n) is 10.7. The average molecular weight is 430 g/mol. The van der Waals surface area contributed by atoms with Gasteiger partial charge >= 0.3 is 0 Å². The molecule has 5 nitrogen and oxygen atoms in total. The summed E-state index contributed by atoms with van der Waals surface area (Å²) >= 11 is 6.59. The van der Waals surface area contributed by atoms with Crippen LogP contribution in [0.1, 0.15) is 24.8 Å². The standard InChI is InChI=1S/C25H24ClN5/c26-25-22(23-16-27-30-29-23)15-21(19-7-3-1-4-8-19)24(28-25)20-11-9-18(10-12-20)17-31-13-5-2-6-14-31/h1,3-4,7-12,15-16H,2,5-6,13-14,17H2,(H,27,29,30). The Hall–Kier alpha value is -3.02. The molecule has 31 heavy (non-hydrogen) atoms. The van der Waals surface area contributed by atoms with Gasteiger partial charge in [-0.15, -0.1) is 0 Å². The summed E-state index contributed by atoms with van der Waals surface area (Å²) in [5, 5.41) is 11.2. The monoisotopic (exact) mass is 429 g/mol. The van der Waals surface area contributed by atoms with Crippen LogP contribution in [0.3, 0.4) is 0 Å². The number of nitrogens with zero attached hydrogens (tertiary/aromatic N) is 4. The Balaban J connectivity index is 1.52. The molecule has 3 heterocycles. The van der Waals surface area contributed by atoms with Gasteiger partial charge in [0.1, 0.15) is 10.8 Å². The van der Waals surface area contributed by atoms with E-state index in [1.807, 2.05) is 18.2 Å². The molecule has 6 heteroatoms. The summed E-state index contributed by atoms with van der Waals surface area (Å²) in [5.41, 5.74) is 6.80. The van der Waals surface area contributed by atoms with Gasteiger partial charge in [-0.05, 0) is 43.1 Å². The summed E-state index contributed by atoms with van der Waals surface area (Å²) in [6.45, 7) is 3.40. The van der Waals surface area contributed by atoms with E-state index in [0.29, 0.717) is 10.8 Å². The number of rotatable bonds is 5. The summed E-state index contributed by atoms with van der Waals surface area (Å²) in [4.78, 5) is 7.33. The summed E-state index contributed by atoms with van der Waals surface area (Å²) in [5.74, 6) is 0. The predicted molar refractivity (Wildman–Crippen MR) is 125 cm³/mol. The molecule has 0 saturated carbocycles. The summed E-state index contributed by atoms with van der Waals surface area (Å²) in [7, 11) is 0. The highest BCUT2D eigenvalue weighted by Gasteiger charge is 2.17. The fraction of sp³-hybridized carbons (Fsp3) is 0.240. The zero-order valence-corrected chi connectivity index (χ0v) is 18.0. The fourth-order valence-corrected chi connectivity index (χ4v) is 4.44.